The molecule has 7 rings (SSSR count). The first kappa shape index (κ1) is 31.8. The Labute approximate surface area is 278 Å². The van der Waals surface area contributed by atoms with Crippen LogP contribution in [-0.4, -0.2) is 85.9 Å². The molecule has 3 N–H and O–H groups in total. The lowest BCUT2D eigenvalue weighted by atomic mass is 9.92. The fourth-order valence-electron chi connectivity index (χ4n) is 7.83. The van der Waals surface area contributed by atoms with E-state index in [0.717, 1.165) is 38.8 Å². The zero-order valence-electron chi connectivity index (χ0n) is 27.0. The first-order valence-electron chi connectivity index (χ1n) is 16.5. The summed E-state index contributed by atoms with van der Waals surface area (Å²) in [5, 5.41) is 26.4. The van der Waals surface area contributed by atoms with E-state index in [2.05, 4.69) is 32.7 Å². The zero-order valence-corrected chi connectivity index (χ0v) is 27.0. The lowest BCUT2D eigenvalue weighted by Gasteiger charge is -2.34. The highest BCUT2D eigenvalue weighted by Crippen LogP contribution is 2.41. The van der Waals surface area contributed by atoms with Gasteiger partial charge in [0.15, 0.2) is 5.82 Å². The van der Waals surface area contributed by atoms with Crippen LogP contribution < -0.4 is 15.0 Å². The summed E-state index contributed by atoms with van der Waals surface area (Å²) < 4.78 is 23.3. The van der Waals surface area contributed by atoms with Crippen LogP contribution in [-0.2, 0) is 4.79 Å². The van der Waals surface area contributed by atoms with Gasteiger partial charge in [0.2, 0.25) is 5.91 Å². The maximum absolute atomic E-state index is 17.0. The Hall–Kier alpha value is -4.79. The summed E-state index contributed by atoms with van der Waals surface area (Å²) in [5.74, 6) is 1.89. The third-order valence-electron chi connectivity index (χ3n) is 10.4. The smallest absolute Gasteiger partial charge is 0.319 e. The molecule has 0 saturated carbocycles. The van der Waals surface area contributed by atoms with Crippen molar-refractivity contribution in [1.29, 1.82) is 0 Å². The molecule has 5 heterocycles. The molecule has 0 radical (unpaired) electrons. The molecular weight excluding hydrogens is 611 g/mol. The van der Waals surface area contributed by atoms with Crippen LogP contribution in [0.1, 0.15) is 51.0 Å². The van der Waals surface area contributed by atoms with Gasteiger partial charge in [-0.15, -0.1) is 6.42 Å². The number of halogens is 1. The molecule has 10 nitrogen and oxygen atoms in total. The van der Waals surface area contributed by atoms with Crippen LogP contribution in [0.5, 0.6) is 11.8 Å². The van der Waals surface area contributed by atoms with Gasteiger partial charge in [0.05, 0.1) is 22.6 Å². The number of aromatic nitrogens is 3. The maximum Gasteiger partial charge on any atom is 0.319 e. The first-order valence-corrected chi connectivity index (χ1v) is 16.5. The van der Waals surface area contributed by atoms with Gasteiger partial charge in [-0.3, -0.25) is 14.7 Å². The topological polar surface area (TPSA) is 124 Å². The number of terminal acetylenes is 1. The number of anilines is 1. The monoisotopic (exact) mass is 650 g/mol. The number of amides is 1. The Morgan fingerprint density at radius 1 is 1.21 bits per heavy atom. The van der Waals surface area contributed by atoms with Crippen molar-refractivity contribution in [3.8, 4) is 35.4 Å². The predicted molar refractivity (Wildman–Crippen MR) is 182 cm³/mol. The Morgan fingerprint density at radius 2 is 1.98 bits per heavy atom. The van der Waals surface area contributed by atoms with Crippen LogP contribution in [0.25, 0.3) is 32.9 Å². The van der Waals surface area contributed by atoms with Crippen LogP contribution in [0.4, 0.5) is 10.2 Å². The number of hydrogen-bond acceptors (Lipinski definition) is 9. The normalized spacial score (nSPS) is 22.3. The summed E-state index contributed by atoms with van der Waals surface area (Å²) in [6.07, 6.45) is 13.8. The fraction of sp³-hybridized carbons (Fsp3) is 0.405. The maximum atomic E-state index is 17.0. The van der Waals surface area contributed by atoms with E-state index in [4.69, 9.17) is 16.1 Å². The third kappa shape index (κ3) is 5.59. The minimum atomic E-state index is -1.20. The summed E-state index contributed by atoms with van der Waals surface area (Å²) in [6, 6.07) is 7.75. The molecule has 0 aliphatic carbocycles. The molecule has 0 unspecified atom stereocenters. The van der Waals surface area contributed by atoms with Gasteiger partial charge >= 0.3 is 6.01 Å². The second-order valence-electron chi connectivity index (χ2n) is 13.4. The van der Waals surface area contributed by atoms with Crippen molar-refractivity contribution in [2.45, 2.75) is 62.6 Å². The Kier molecular flexibility index (Phi) is 8.17. The van der Waals surface area contributed by atoms with E-state index >= 15 is 4.39 Å². The lowest BCUT2D eigenvalue weighted by molar-refractivity contribution is -0.119. The molecule has 3 fully saturated rings. The third-order valence-corrected chi connectivity index (χ3v) is 10.4. The molecule has 248 valence electrons. The van der Waals surface area contributed by atoms with E-state index < -0.39 is 23.4 Å². The number of carbonyl (C=O) groups is 1. The molecule has 3 aliphatic rings. The predicted octanol–water partition coefficient (Wildman–Crippen LogP) is 4.70. The minimum absolute atomic E-state index is 0.00423. The summed E-state index contributed by atoms with van der Waals surface area (Å²) in [4.78, 5) is 30.8. The van der Waals surface area contributed by atoms with Gasteiger partial charge in [-0.05, 0) is 88.2 Å². The van der Waals surface area contributed by atoms with Gasteiger partial charge in [-0.2, -0.15) is 9.97 Å². The first-order chi connectivity index (χ1) is 23.1. The molecule has 3 aliphatic heterocycles. The van der Waals surface area contributed by atoms with Gasteiger partial charge in [-0.1, -0.05) is 24.6 Å². The highest BCUT2D eigenvalue weighted by molar-refractivity contribution is 6.02. The standard InChI is InChI=1S/C37H39FN6O4/c1-4-23-10-6-11-24-18-25(45)19-26(30(23)24)32-31(38)33-27(20-39-32)34(43-15-7-12-36(3,47)28(21-43)40-29(46)5-2)42-35(41-33)48-22-37-13-8-16-44(37)17-9-14-37/h1,5-6,10-11,18-20,28,45,47H,2,7-9,12-17,21-22H2,3H3,(H,40,46)/t28-,36+/m1/s1. The molecule has 2 aromatic heterocycles. The number of rotatable bonds is 7. The average molecular weight is 651 g/mol. The number of nitrogens with zero attached hydrogens (tertiary/aromatic N) is 5. The number of carbonyl (C=O) groups excluding carboxylic acids is 1. The molecule has 0 bridgehead atoms. The van der Waals surface area contributed by atoms with Crippen molar-refractivity contribution in [3.63, 3.8) is 0 Å². The lowest BCUT2D eigenvalue weighted by Crippen LogP contribution is -2.54. The van der Waals surface area contributed by atoms with E-state index in [1.165, 1.54) is 18.3 Å². The highest BCUT2D eigenvalue weighted by Gasteiger charge is 2.45. The quantitative estimate of drug-likeness (QED) is 0.193. The molecular formula is C37H39FN6O4. The average Bonchev–Trinajstić information content (AvgIpc) is 3.62. The van der Waals surface area contributed by atoms with E-state index in [0.29, 0.717) is 59.1 Å². The van der Waals surface area contributed by atoms with E-state index in [9.17, 15) is 15.0 Å². The molecule has 2 atom stereocenters. The summed E-state index contributed by atoms with van der Waals surface area (Å²) >= 11 is 0. The van der Waals surface area contributed by atoms with Crippen LogP contribution in [0.3, 0.4) is 0 Å². The Balaban J connectivity index is 1.37. The van der Waals surface area contributed by atoms with Crippen LogP contribution in [0, 0.1) is 18.2 Å². The number of aromatic hydroxyl groups is 1. The van der Waals surface area contributed by atoms with Crippen molar-refractivity contribution >= 4 is 33.4 Å². The SMILES string of the molecule is C#Cc1cccc2cc(O)cc(-c3ncc4c(N5CCC[C@](C)(O)[C@H](NC(=O)C=C)C5)nc(OCC56CCCN5CCC6)nc4c3F)c12. The number of fused-ring (bicyclic) bond motifs is 3. The van der Waals surface area contributed by atoms with Crippen molar-refractivity contribution in [2.24, 2.45) is 0 Å². The van der Waals surface area contributed by atoms with Crippen LogP contribution in [0.15, 0.2) is 49.2 Å². The highest BCUT2D eigenvalue weighted by atomic mass is 19.1. The number of phenolic OH excluding ortho intramolecular Hbond substituents is 1. The number of nitrogens with one attached hydrogen (secondary N) is 1. The van der Waals surface area contributed by atoms with Gasteiger partial charge in [0, 0.05) is 35.8 Å². The van der Waals surface area contributed by atoms with Crippen molar-refractivity contribution in [1.82, 2.24) is 25.2 Å². The summed E-state index contributed by atoms with van der Waals surface area (Å²) in [6.45, 7) is 8.37. The van der Waals surface area contributed by atoms with Crippen molar-refractivity contribution < 1.29 is 24.1 Å². The number of hydrogen-bond donors (Lipinski definition) is 3. The van der Waals surface area contributed by atoms with Crippen LogP contribution >= 0.6 is 0 Å². The van der Waals surface area contributed by atoms with Gasteiger partial charge in [0.1, 0.15) is 29.4 Å². The molecule has 0 spiro atoms. The Bertz CT molecular complexity index is 1960. The van der Waals surface area contributed by atoms with Crippen molar-refractivity contribution in [3.05, 3.63) is 60.6 Å². The minimum Gasteiger partial charge on any atom is -0.508 e. The van der Waals surface area contributed by atoms with E-state index in [1.54, 1.807) is 31.2 Å². The molecule has 3 saturated heterocycles. The number of phenols is 1. The van der Waals surface area contributed by atoms with E-state index in [1.807, 2.05) is 4.90 Å². The number of benzene rings is 2. The Morgan fingerprint density at radius 3 is 2.73 bits per heavy atom. The number of ether oxygens (including phenoxy) is 1. The summed E-state index contributed by atoms with van der Waals surface area (Å²) in [5.41, 5.74) is -0.432. The molecule has 2 aromatic carbocycles. The zero-order chi connectivity index (χ0) is 33.6. The number of pyridine rings is 1. The second-order valence-corrected chi connectivity index (χ2v) is 13.4. The fourth-order valence-corrected chi connectivity index (χ4v) is 7.83. The van der Waals surface area contributed by atoms with Gasteiger partial charge < -0.3 is 25.2 Å². The molecule has 4 aromatic rings. The van der Waals surface area contributed by atoms with Crippen molar-refractivity contribution in [2.75, 3.05) is 37.7 Å². The van der Waals surface area contributed by atoms with Crippen LogP contribution in [0.2, 0.25) is 0 Å². The van der Waals surface area contributed by atoms with Gasteiger partial charge in [0.25, 0.3) is 0 Å². The summed E-state index contributed by atoms with van der Waals surface area (Å²) in [7, 11) is 0. The molecule has 11 heteroatoms. The second kappa shape index (κ2) is 12.3. The van der Waals surface area contributed by atoms with E-state index in [-0.39, 0.29) is 35.1 Å². The van der Waals surface area contributed by atoms with Gasteiger partial charge in [-0.25, -0.2) is 4.39 Å². The molecule has 48 heavy (non-hydrogen) atoms. The molecule has 1 amide bonds. The number of aliphatic hydroxyl groups is 1. The largest absolute Gasteiger partial charge is 0.508 e.